The van der Waals surface area contributed by atoms with Gasteiger partial charge in [0.05, 0.1) is 5.69 Å². The molecular formula is C17H22N2S. The summed E-state index contributed by atoms with van der Waals surface area (Å²) >= 11 is 5.54. The second kappa shape index (κ2) is 5.57. The summed E-state index contributed by atoms with van der Waals surface area (Å²) in [7, 11) is 0. The summed E-state index contributed by atoms with van der Waals surface area (Å²) in [6.07, 6.45) is 5.89. The molecule has 2 aromatic rings. The van der Waals surface area contributed by atoms with Crippen molar-refractivity contribution in [2.45, 2.75) is 39.2 Å². The zero-order valence-corrected chi connectivity index (χ0v) is 13.0. The lowest BCUT2D eigenvalue weighted by Gasteiger charge is -2.34. The average Bonchev–Trinajstić information content (AvgIpc) is 2.82. The van der Waals surface area contributed by atoms with Gasteiger partial charge in [-0.3, -0.25) is 0 Å². The van der Waals surface area contributed by atoms with Gasteiger partial charge in [0.15, 0.2) is 4.77 Å². The Morgan fingerprint density at radius 2 is 1.90 bits per heavy atom. The van der Waals surface area contributed by atoms with Crippen LogP contribution in [0.15, 0.2) is 36.5 Å². The first-order valence-electron chi connectivity index (χ1n) is 7.52. The van der Waals surface area contributed by atoms with Crippen molar-refractivity contribution in [2.75, 3.05) is 0 Å². The molecule has 0 radical (unpaired) electrons. The Morgan fingerprint density at radius 3 is 2.60 bits per heavy atom. The minimum Gasteiger partial charge on any atom is -0.337 e. The van der Waals surface area contributed by atoms with Crippen LogP contribution in [0.4, 0.5) is 0 Å². The molecule has 1 aromatic heterocycles. The molecule has 3 heteroatoms. The zero-order valence-electron chi connectivity index (χ0n) is 12.2. The largest absolute Gasteiger partial charge is 0.337 e. The summed E-state index contributed by atoms with van der Waals surface area (Å²) in [5.41, 5.74) is 2.47. The van der Waals surface area contributed by atoms with Crippen LogP contribution in [0.3, 0.4) is 0 Å². The van der Waals surface area contributed by atoms with Gasteiger partial charge in [-0.1, -0.05) is 44.2 Å². The lowest BCUT2D eigenvalue weighted by Crippen LogP contribution is -2.25. The molecule has 0 amide bonds. The maximum atomic E-state index is 5.54. The molecule has 3 unspecified atom stereocenters. The SMILES string of the molecule is CC1CCC(n2c(-c3ccccc3)c[nH]c2=S)C(C)C1. The summed E-state index contributed by atoms with van der Waals surface area (Å²) < 4.78 is 3.21. The lowest BCUT2D eigenvalue weighted by molar-refractivity contribution is 0.207. The number of nitrogens with zero attached hydrogens (tertiary/aromatic N) is 1. The van der Waals surface area contributed by atoms with Crippen LogP contribution in [-0.2, 0) is 0 Å². The van der Waals surface area contributed by atoms with Gasteiger partial charge in [0.2, 0.25) is 0 Å². The van der Waals surface area contributed by atoms with E-state index in [4.69, 9.17) is 12.2 Å². The molecular weight excluding hydrogens is 264 g/mol. The highest BCUT2D eigenvalue weighted by Gasteiger charge is 2.28. The van der Waals surface area contributed by atoms with E-state index in [0.29, 0.717) is 12.0 Å². The topological polar surface area (TPSA) is 20.7 Å². The van der Waals surface area contributed by atoms with Crippen LogP contribution in [-0.4, -0.2) is 9.55 Å². The predicted molar refractivity (Wildman–Crippen MR) is 86.3 cm³/mol. The monoisotopic (exact) mass is 286 g/mol. The van der Waals surface area contributed by atoms with E-state index in [-0.39, 0.29) is 0 Å². The van der Waals surface area contributed by atoms with Gasteiger partial charge in [0.25, 0.3) is 0 Å². The van der Waals surface area contributed by atoms with Crippen LogP contribution in [0, 0.1) is 16.6 Å². The molecule has 0 spiro atoms. The van der Waals surface area contributed by atoms with Crippen LogP contribution in [0.25, 0.3) is 11.3 Å². The Morgan fingerprint density at radius 1 is 1.15 bits per heavy atom. The van der Waals surface area contributed by atoms with Gasteiger partial charge in [0, 0.05) is 12.2 Å². The second-order valence-corrected chi connectivity index (χ2v) is 6.56. The van der Waals surface area contributed by atoms with Gasteiger partial charge in [-0.15, -0.1) is 0 Å². The molecule has 3 rings (SSSR count). The van der Waals surface area contributed by atoms with Crippen LogP contribution in [0.5, 0.6) is 0 Å². The van der Waals surface area contributed by atoms with Gasteiger partial charge >= 0.3 is 0 Å². The highest BCUT2D eigenvalue weighted by Crippen LogP contribution is 2.39. The van der Waals surface area contributed by atoms with Crippen molar-refractivity contribution in [1.82, 2.24) is 9.55 Å². The fraction of sp³-hybridized carbons (Fsp3) is 0.471. The van der Waals surface area contributed by atoms with Crippen molar-refractivity contribution < 1.29 is 0 Å². The predicted octanol–water partition coefficient (Wildman–Crippen LogP) is 5.21. The molecule has 1 heterocycles. The van der Waals surface area contributed by atoms with Crippen LogP contribution in [0.2, 0.25) is 0 Å². The molecule has 2 nitrogen and oxygen atoms in total. The Bertz CT molecular complexity index is 626. The third-order valence-electron chi connectivity index (χ3n) is 4.60. The maximum Gasteiger partial charge on any atom is 0.177 e. The molecule has 1 aliphatic carbocycles. The maximum absolute atomic E-state index is 5.54. The number of aromatic amines is 1. The third kappa shape index (κ3) is 2.47. The lowest BCUT2D eigenvalue weighted by atomic mass is 9.79. The number of nitrogens with one attached hydrogen (secondary N) is 1. The molecule has 1 saturated carbocycles. The van der Waals surface area contributed by atoms with Crippen LogP contribution in [0.1, 0.15) is 39.2 Å². The van der Waals surface area contributed by atoms with E-state index in [0.717, 1.165) is 10.7 Å². The number of hydrogen-bond donors (Lipinski definition) is 1. The average molecular weight is 286 g/mol. The first-order chi connectivity index (χ1) is 9.66. The number of hydrogen-bond acceptors (Lipinski definition) is 1. The standard InChI is InChI=1S/C17H22N2S/c1-12-8-9-15(13(2)10-12)19-16(11-18-17(19)20)14-6-4-3-5-7-14/h3-7,11-13,15H,8-10H2,1-2H3,(H,18,20). The van der Waals surface area contributed by atoms with Gasteiger partial charge in [0.1, 0.15) is 0 Å². The molecule has 1 aliphatic rings. The smallest absolute Gasteiger partial charge is 0.177 e. The number of benzene rings is 1. The van der Waals surface area contributed by atoms with Gasteiger partial charge in [-0.2, -0.15) is 0 Å². The Labute approximate surface area is 125 Å². The van der Waals surface area contributed by atoms with Crippen molar-refractivity contribution in [3.05, 3.63) is 41.3 Å². The summed E-state index contributed by atoms with van der Waals surface area (Å²) in [5, 5.41) is 0. The quantitative estimate of drug-likeness (QED) is 0.752. The molecule has 0 saturated heterocycles. The van der Waals surface area contributed by atoms with Crippen LogP contribution >= 0.6 is 12.2 Å². The molecule has 1 fully saturated rings. The number of H-pyrrole nitrogens is 1. The zero-order chi connectivity index (χ0) is 14.1. The van der Waals surface area contributed by atoms with E-state index >= 15 is 0 Å². The molecule has 106 valence electrons. The van der Waals surface area contributed by atoms with Gasteiger partial charge in [-0.05, 0) is 48.9 Å². The number of aromatic nitrogens is 2. The summed E-state index contributed by atoms with van der Waals surface area (Å²) in [4.78, 5) is 3.24. The first kappa shape index (κ1) is 13.6. The van der Waals surface area contributed by atoms with Crippen molar-refractivity contribution in [2.24, 2.45) is 11.8 Å². The minimum absolute atomic E-state index is 0.528. The summed E-state index contributed by atoms with van der Waals surface area (Å²) in [6.45, 7) is 4.73. The van der Waals surface area contributed by atoms with E-state index < -0.39 is 0 Å². The number of imidazole rings is 1. The van der Waals surface area contributed by atoms with Crippen molar-refractivity contribution in [1.29, 1.82) is 0 Å². The Kier molecular flexibility index (Phi) is 3.79. The molecule has 0 bridgehead atoms. The fourth-order valence-corrected chi connectivity index (χ4v) is 3.86. The van der Waals surface area contributed by atoms with E-state index in [1.54, 1.807) is 0 Å². The molecule has 3 atom stereocenters. The molecule has 1 N–H and O–H groups in total. The molecule has 0 aliphatic heterocycles. The third-order valence-corrected chi connectivity index (χ3v) is 4.91. The van der Waals surface area contributed by atoms with Crippen LogP contribution < -0.4 is 0 Å². The molecule has 20 heavy (non-hydrogen) atoms. The van der Waals surface area contributed by atoms with Crippen molar-refractivity contribution >= 4 is 12.2 Å². The van der Waals surface area contributed by atoms with Gasteiger partial charge in [-0.25, -0.2) is 0 Å². The van der Waals surface area contributed by atoms with Crippen molar-refractivity contribution in [3.63, 3.8) is 0 Å². The first-order valence-corrected chi connectivity index (χ1v) is 7.93. The minimum atomic E-state index is 0.528. The number of rotatable bonds is 2. The van der Waals surface area contributed by atoms with Crippen molar-refractivity contribution in [3.8, 4) is 11.3 Å². The van der Waals surface area contributed by atoms with E-state index in [9.17, 15) is 0 Å². The second-order valence-electron chi connectivity index (χ2n) is 6.18. The van der Waals surface area contributed by atoms with E-state index in [1.807, 2.05) is 0 Å². The van der Waals surface area contributed by atoms with E-state index in [1.165, 1.54) is 30.5 Å². The normalized spacial score (nSPS) is 26.6. The Balaban J connectivity index is 2.02. The van der Waals surface area contributed by atoms with E-state index in [2.05, 4.69) is 59.9 Å². The highest BCUT2D eigenvalue weighted by atomic mass is 32.1. The fourth-order valence-electron chi connectivity index (χ4n) is 3.57. The summed E-state index contributed by atoms with van der Waals surface area (Å²) in [6, 6.07) is 11.1. The Hall–Kier alpha value is -1.35. The molecule has 1 aromatic carbocycles. The summed E-state index contributed by atoms with van der Waals surface area (Å²) in [5.74, 6) is 1.53. The highest BCUT2D eigenvalue weighted by molar-refractivity contribution is 7.71. The van der Waals surface area contributed by atoms with Gasteiger partial charge < -0.3 is 9.55 Å².